The minimum atomic E-state index is -0.620. The van der Waals surface area contributed by atoms with E-state index in [0.29, 0.717) is 24.3 Å². The lowest BCUT2D eigenvalue weighted by Gasteiger charge is -2.22. The summed E-state index contributed by atoms with van der Waals surface area (Å²) in [5, 5.41) is 1.73. The zero-order chi connectivity index (χ0) is 15.0. The average Bonchev–Trinajstić information content (AvgIpc) is 3.15. The molecule has 1 fully saturated rings. The number of carbonyl (C=O) groups excluding carboxylic acids is 2. The van der Waals surface area contributed by atoms with Gasteiger partial charge in [-0.05, 0) is 12.8 Å². The summed E-state index contributed by atoms with van der Waals surface area (Å²) in [7, 11) is 1.29. The Morgan fingerprint density at radius 2 is 2.29 bits per heavy atom. The molecular formula is C13H13N3O4S. The van der Waals surface area contributed by atoms with Crippen LogP contribution in [0.4, 0.5) is 0 Å². The molecule has 0 N–H and O–H groups in total. The minimum absolute atomic E-state index is 0.0262. The van der Waals surface area contributed by atoms with Crippen molar-refractivity contribution in [2.45, 2.75) is 18.9 Å². The number of rotatable bonds is 2. The standard InChI is InChI=1S/C13H13N3O4S/c1-20-12(19)9-3-2-4-15(9)10(17)8-7-14-13-16(11(8)18)5-6-21-13/h5-7,9H,2-4H2,1H3. The van der Waals surface area contributed by atoms with Crippen molar-refractivity contribution in [3.8, 4) is 0 Å². The zero-order valence-corrected chi connectivity index (χ0v) is 12.1. The Hall–Kier alpha value is -2.22. The highest BCUT2D eigenvalue weighted by atomic mass is 32.1. The van der Waals surface area contributed by atoms with Gasteiger partial charge < -0.3 is 9.64 Å². The third-order valence-corrected chi connectivity index (χ3v) is 4.33. The third kappa shape index (κ3) is 2.21. The summed E-state index contributed by atoms with van der Waals surface area (Å²) in [6, 6.07) is -0.620. The normalized spacial score (nSPS) is 18.1. The van der Waals surface area contributed by atoms with Crippen LogP contribution < -0.4 is 5.56 Å². The second kappa shape index (κ2) is 5.28. The molecule has 7 nitrogen and oxygen atoms in total. The lowest BCUT2D eigenvalue weighted by Crippen LogP contribution is -2.43. The summed E-state index contributed by atoms with van der Waals surface area (Å²) in [6.07, 6.45) is 4.12. The molecule has 1 saturated heterocycles. The average molecular weight is 307 g/mol. The maximum Gasteiger partial charge on any atom is 0.328 e. The molecular weight excluding hydrogens is 294 g/mol. The van der Waals surface area contributed by atoms with Crippen LogP contribution in [-0.2, 0) is 9.53 Å². The predicted molar refractivity (Wildman–Crippen MR) is 75.4 cm³/mol. The Bertz CT molecular complexity index is 766. The minimum Gasteiger partial charge on any atom is -0.467 e. The zero-order valence-electron chi connectivity index (χ0n) is 11.3. The Kier molecular flexibility index (Phi) is 3.46. The van der Waals surface area contributed by atoms with Crippen molar-refractivity contribution in [2.75, 3.05) is 13.7 Å². The first kappa shape index (κ1) is 13.7. The smallest absolute Gasteiger partial charge is 0.328 e. The Morgan fingerprint density at radius 1 is 1.48 bits per heavy atom. The molecule has 110 valence electrons. The fourth-order valence-electron chi connectivity index (χ4n) is 2.52. The molecule has 2 aromatic rings. The highest BCUT2D eigenvalue weighted by Gasteiger charge is 2.36. The van der Waals surface area contributed by atoms with Crippen LogP contribution in [0.5, 0.6) is 0 Å². The quantitative estimate of drug-likeness (QED) is 0.756. The first-order chi connectivity index (χ1) is 10.1. The number of carbonyl (C=O) groups is 2. The van der Waals surface area contributed by atoms with E-state index in [4.69, 9.17) is 4.74 Å². The molecule has 0 radical (unpaired) electrons. The van der Waals surface area contributed by atoms with E-state index in [9.17, 15) is 14.4 Å². The van der Waals surface area contributed by atoms with Crippen LogP contribution in [0.1, 0.15) is 23.2 Å². The van der Waals surface area contributed by atoms with Crippen LogP contribution in [0.2, 0.25) is 0 Å². The van der Waals surface area contributed by atoms with Gasteiger partial charge in [0, 0.05) is 24.3 Å². The van der Waals surface area contributed by atoms with Gasteiger partial charge in [0.2, 0.25) is 0 Å². The largest absolute Gasteiger partial charge is 0.467 e. The van der Waals surface area contributed by atoms with Gasteiger partial charge in [0.15, 0.2) is 4.96 Å². The number of hydrogen-bond acceptors (Lipinski definition) is 6. The van der Waals surface area contributed by atoms with Crippen molar-refractivity contribution in [3.05, 3.63) is 33.7 Å². The van der Waals surface area contributed by atoms with Crippen molar-refractivity contribution in [3.63, 3.8) is 0 Å². The summed E-state index contributed by atoms with van der Waals surface area (Å²) in [6.45, 7) is 0.435. The molecule has 0 spiro atoms. The molecule has 3 heterocycles. The molecule has 1 unspecified atom stereocenters. The summed E-state index contributed by atoms with van der Waals surface area (Å²) in [4.78, 5) is 42.6. The number of nitrogens with zero attached hydrogens (tertiary/aromatic N) is 3. The van der Waals surface area contributed by atoms with E-state index in [1.165, 1.54) is 33.9 Å². The number of esters is 1. The molecule has 3 rings (SSSR count). The van der Waals surface area contributed by atoms with Crippen molar-refractivity contribution in [1.82, 2.24) is 14.3 Å². The maximum atomic E-state index is 12.5. The van der Waals surface area contributed by atoms with Gasteiger partial charge in [0.25, 0.3) is 11.5 Å². The van der Waals surface area contributed by atoms with Crippen molar-refractivity contribution < 1.29 is 14.3 Å². The van der Waals surface area contributed by atoms with Gasteiger partial charge in [-0.1, -0.05) is 0 Å². The number of thiazole rings is 1. The van der Waals surface area contributed by atoms with E-state index < -0.39 is 23.5 Å². The maximum absolute atomic E-state index is 12.5. The topological polar surface area (TPSA) is 81.0 Å². The summed E-state index contributed by atoms with van der Waals surface area (Å²) in [5.74, 6) is -0.925. The number of fused-ring (bicyclic) bond motifs is 1. The van der Waals surface area contributed by atoms with Gasteiger partial charge in [-0.25, -0.2) is 9.78 Å². The molecule has 2 aromatic heterocycles. The summed E-state index contributed by atoms with van der Waals surface area (Å²) < 4.78 is 6.04. The van der Waals surface area contributed by atoms with Gasteiger partial charge in [0.1, 0.15) is 11.6 Å². The molecule has 1 aliphatic heterocycles. The second-order valence-electron chi connectivity index (χ2n) is 4.71. The fraction of sp³-hybridized carbons (Fsp3) is 0.385. The predicted octanol–water partition coefficient (Wildman–Crippen LogP) is 0.534. The van der Waals surface area contributed by atoms with Gasteiger partial charge in [-0.3, -0.25) is 14.0 Å². The van der Waals surface area contributed by atoms with Crippen LogP contribution >= 0.6 is 11.3 Å². The van der Waals surface area contributed by atoms with Crippen LogP contribution in [0.3, 0.4) is 0 Å². The van der Waals surface area contributed by atoms with Gasteiger partial charge >= 0.3 is 5.97 Å². The first-order valence-electron chi connectivity index (χ1n) is 6.47. The number of ether oxygens (including phenoxy) is 1. The summed E-state index contributed by atoms with van der Waals surface area (Å²) >= 11 is 1.32. The highest BCUT2D eigenvalue weighted by Crippen LogP contribution is 2.20. The van der Waals surface area contributed by atoms with Crippen LogP contribution in [0.15, 0.2) is 22.6 Å². The fourth-order valence-corrected chi connectivity index (χ4v) is 3.19. The Labute approximate surface area is 123 Å². The molecule has 1 amide bonds. The first-order valence-corrected chi connectivity index (χ1v) is 7.35. The number of amides is 1. The molecule has 1 atom stereocenters. The van der Waals surface area contributed by atoms with Crippen LogP contribution in [0, 0.1) is 0 Å². The molecule has 0 saturated carbocycles. The molecule has 0 bridgehead atoms. The molecule has 8 heteroatoms. The molecule has 0 aliphatic carbocycles. The summed E-state index contributed by atoms with van der Waals surface area (Å²) in [5.41, 5.74) is -0.441. The number of methoxy groups -OCH3 is 1. The van der Waals surface area contributed by atoms with Crippen molar-refractivity contribution in [1.29, 1.82) is 0 Å². The molecule has 1 aliphatic rings. The Balaban J connectivity index is 1.98. The van der Waals surface area contributed by atoms with Gasteiger partial charge in [-0.15, -0.1) is 11.3 Å². The van der Waals surface area contributed by atoms with Gasteiger partial charge in [0.05, 0.1) is 7.11 Å². The third-order valence-electron chi connectivity index (χ3n) is 3.56. The van der Waals surface area contributed by atoms with E-state index in [1.54, 1.807) is 11.6 Å². The van der Waals surface area contributed by atoms with E-state index in [1.807, 2.05) is 0 Å². The Morgan fingerprint density at radius 3 is 3.05 bits per heavy atom. The SMILES string of the molecule is COC(=O)C1CCCN1C(=O)c1cnc2sccn2c1=O. The van der Waals surface area contributed by atoms with Gasteiger partial charge in [-0.2, -0.15) is 0 Å². The molecule has 0 aromatic carbocycles. The van der Waals surface area contributed by atoms with Crippen molar-refractivity contribution in [2.24, 2.45) is 0 Å². The van der Waals surface area contributed by atoms with E-state index >= 15 is 0 Å². The second-order valence-corrected chi connectivity index (χ2v) is 5.59. The van der Waals surface area contributed by atoms with E-state index in [2.05, 4.69) is 4.98 Å². The van der Waals surface area contributed by atoms with Crippen LogP contribution in [0.25, 0.3) is 4.96 Å². The van der Waals surface area contributed by atoms with Crippen LogP contribution in [-0.4, -0.2) is 45.9 Å². The highest BCUT2D eigenvalue weighted by molar-refractivity contribution is 7.15. The lowest BCUT2D eigenvalue weighted by atomic mass is 10.2. The lowest BCUT2D eigenvalue weighted by molar-refractivity contribution is -0.145. The number of likely N-dealkylation sites (tertiary alicyclic amines) is 1. The molecule has 21 heavy (non-hydrogen) atoms. The monoisotopic (exact) mass is 307 g/mol. The van der Waals surface area contributed by atoms with E-state index in [-0.39, 0.29) is 5.56 Å². The number of hydrogen-bond donors (Lipinski definition) is 0. The van der Waals surface area contributed by atoms with Crippen molar-refractivity contribution >= 4 is 28.2 Å². The number of aromatic nitrogens is 2. The van der Waals surface area contributed by atoms with E-state index in [0.717, 1.165) is 0 Å².